The summed E-state index contributed by atoms with van der Waals surface area (Å²) in [4.78, 5) is 21.5. The number of nitrogens with one attached hydrogen (secondary N) is 1. The summed E-state index contributed by atoms with van der Waals surface area (Å²) in [6.45, 7) is 10.6. The molecule has 4 heterocycles. The Morgan fingerprint density at radius 1 is 1.08 bits per heavy atom. The molecule has 2 saturated heterocycles. The highest BCUT2D eigenvalue weighted by Gasteiger charge is 2.34. The van der Waals surface area contributed by atoms with E-state index >= 15 is 0 Å². The van der Waals surface area contributed by atoms with Crippen LogP contribution in [0.5, 0.6) is 0 Å². The van der Waals surface area contributed by atoms with Crippen molar-refractivity contribution in [2.75, 3.05) is 37.7 Å². The van der Waals surface area contributed by atoms with Crippen molar-refractivity contribution in [2.45, 2.75) is 52.3 Å². The molecule has 0 radical (unpaired) electrons. The summed E-state index contributed by atoms with van der Waals surface area (Å²) >= 11 is 6.33. The van der Waals surface area contributed by atoms with Gasteiger partial charge in [-0.15, -0.1) is 5.10 Å². The molecule has 2 aliphatic rings. The van der Waals surface area contributed by atoms with E-state index in [-0.39, 0.29) is 11.7 Å². The number of tetrazole rings is 1. The van der Waals surface area contributed by atoms with Crippen molar-refractivity contribution in [3.8, 4) is 0 Å². The van der Waals surface area contributed by atoms with Gasteiger partial charge in [0.15, 0.2) is 5.82 Å². The number of H-pyrrole nitrogens is 1. The summed E-state index contributed by atoms with van der Waals surface area (Å²) in [5.74, 6) is 0.673. The first-order valence-electron chi connectivity index (χ1n) is 13.6. The van der Waals surface area contributed by atoms with Gasteiger partial charge in [0, 0.05) is 49.1 Å². The number of ether oxygens (including phenoxy) is 1. The zero-order valence-corrected chi connectivity index (χ0v) is 23.4. The van der Waals surface area contributed by atoms with Crippen molar-refractivity contribution in [3.05, 3.63) is 79.9 Å². The lowest BCUT2D eigenvalue weighted by molar-refractivity contribution is 0.0906. The Morgan fingerprint density at radius 3 is 2.67 bits per heavy atom. The fourth-order valence-electron chi connectivity index (χ4n) is 6.07. The Hall–Kier alpha value is -3.27. The third-order valence-corrected chi connectivity index (χ3v) is 8.25. The van der Waals surface area contributed by atoms with Crippen molar-refractivity contribution in [2.24, 2.45) is 0 Å². The molecule has 39 heavy (non-hydrogen) atoms. The van der Waals surface area contributed by atoms with E-state index in [0.717, 1.165) is 78.4 Å². The summed E-state index contributed by atoms with van der Waals surface area (Å²) in [7, 11) is 0. The van der Waals surface area contributed by atoms with Crippen molar-refractivity contribution < 1.29 is 4.74 Å². The topological polar surface area (TPSA) is 92.2 Å². The fraction of sp³-hybridized carbons (Fsp3) is 0.448. The zero-order valence-electron chi connectivity index (χ0n) is 22.7. The summed E-state index contributed by atoms with van der Waals surface area (Å²) in [5.41, 5.74) is 5.97. The Morgan fingerprint density at radius 2 is 1.90 bits per heavy atom. The van der Waals surface area contributed by atoms with Crippen LogP contribution in [-0.4, -0.2) is 69.0 Å². The molecule has 0 spiro atoms. The third kappa shape index (κ3) is 5.18. The van der Waals surface area contributed by atoms with E-state index in [4.69, 9.17) is 16.3 Å². The number of hydrogen-bond donors (Lipinski definition) is 1. The maximum Gasteiger partial charge on any atom is 0.253 e. The first-order chi connectivity index (χ1) is 18.9. The van der Waals surface area contributed by atoms with Crippen LogP contribution in [-0.2, 0) is 11.3 Å². The van der Waals surface area contributed by atoms with E-state index in [0.29, 0.717) is 17.9 Å². The van der Waals surface area contributed by atoms with Gasteiger partial charge < -0.3 is 14.6 Å². The standard InChI is InChI=1S/C29H34ClN7O2/c1-18-13-20(3)26-21(14-18)15-24(29(38)31-26)27(28-32-33-34-37(28)17-23-5-4-12-39-23)36-10-8-35(9-11-36)25-16-22(30)7-6-19(25)2/h6-7,13-16,23,27H,4-5,8-12,17H2,1-3H3,(H,31,38)/t23-,27-/m0/s1. The first-order valence-corrected chi connectivity index (χ1v) is 14.0. The number of aromatic nitrogens is 5. The zero-order chi connectivity index (χ0) is 27.1. The minimum Gasteiger partial charge on any atom is -0.376 e. The van der Waals surface area contributed by atoms with Crippen LogP contribution >= 0.6 is 11.6 Å². The number of nitrogens with zero attached hydrogens (tertiary/aromatic N) is 6. The SMILES string of the molecule is Cc1cc(C)c2[nH]c(=O)c([C@@H](c3nnnn3C[C@@H]3CCCO3)N3CCN(c4cc(Cl)ccc4C)CC3)cc2c1. The van der Waals surface area contributed by atoms with Crippen LogP contribution in [0, 0.1) is 20.8 Å². The molecule has 2 aliphatic heterocycles. The molecule has 2 fully saturated rings. The molecule has 2 aromatic heterocycles. The molecule has 0 amide bonds. The molecule has 0 unspecified atom stereocenters. The summed E-state index contributed by atoms with van der Waals surface area (Å²) in [6, 6.07) is 11.9. The molecular formula is C29H34ClN7O2. The maximum atomic E-state index is 13.7. The van der Waals surface area contributed by atoms with Gasteiger partial charge >= 0.3 is 0 Å². The van der Waals surface area contributed by atoms with E-state index in [1.807, 2.05) is 29.8 Å². The van der Waals surface area contributed by atoms with Gasteiger partial charge in [0.2, 0.25) is 0 Å². The molecule has 1 N–H and O–H groups in total. The molecule has 204 valence electrons. The second kappa shape index (κ2) is 10.7. The van der Waals surface area contributed by atoms with Gasteiger partial charge in [0.05, 0.1) is 18.2 Å². The van der Waals surface area contributed by atoms with E-state index in [9.17, 15) is 4.79 Å². The second-order valence-corrected chi connectivity index (χ2v) is 11.2. The minimum atomic E-state index is -0.391. The Kier molecular flexibility index (Phi) is 7.14. The van der Waals surface area contributed by atoms with Crippen molar-refractivity contribution in [3.63, 3.8) is 0 Å². The number of fused-ring (bicyclic) bond motifs is 1. The molecule has 0 aliphatic carbocycles. The van der Waals surface area contributed by atoms with Crippen LogP contribution in [0.25, 0.3) is 10.9 Å². The molecule has 0 bridgehead atoms. The Balaban J connectivity index is 1.38. The third-order valence-electron chi connectivity index (χ3n) is 8.01. The number of aromatic amines is 1. The van der Waals surface area contributed by atoms with Crippen LogP contribution in [0.2, 0.25) is 5.02 Å². The molecule has 4 aromatic rings. The number of rotatable bonds is 6. The lowest BCUT2D eigenvalue weighted by Crippen LogP contribution is -2.49. The van der Waals surface area contributed by atoms with Gasteiger partial charge in [-0.2, -0.15) is 0 Å². The van der Waals surface area contributed by atoms with Crippen LogP contribution in [0.15, 0.2) is 41.2 Å². The number of hydrogen-bond acceptors (Lipinski definition) is 7. The predicted octanol–water partition coefficient (Wildman–Crippen LogP) is 4.18. The van der Waals surface area contributed by atoms with Crippen molar-refractivity contribution in [1.29, 1.82) is 0 Å². The van der Waals surface area contributed by atoms with Gasteiger partial charge in [-0.05, 0) is 84.8 Å². The number of aryl methyl sites for hydroxylation is 3. The average molecular weight is 548 g/mol. The quantitative estimate of drug-likeness (QED) is 0.387. The molecule has 2 atom stereocenters. The first kappa shape index (κ1) is 26.0. The van der Waals surface area contributed by atoms with Crippen molar-refractivity contribution >= 4 is 28.2 Å². The van der Waals surface area contributed by atoms with Gasteiger partial charge in [-0.1, -0.05) is 29.3 Å². The normalized spacial score (nSPS) is 19.2. The number of anilines is 1. The molecule has 6 rings (SSSR count). The Bertz CT molecular complexity index is 1550. The van der Waals surface area contributed by atoms with Gasteiger partial charge in [-0.25, -0.2) is 4.68 Å². The largest absolute Gasteiger partial charge is 0.376 e. The minimum absolute atomic E-state index is 0.0794. The highest BCUT2D eigenvalue weighted by molar-refractivity contribution is 6.30. The predicted molar refractivity (Wildman–Crippen MR) is 153 cm³/mol. The maximum absolute atomic E-state index is 13.7. The van der Waals surface area contributed by atoms with Crippen LogP contribution in [0.4, 0.5) is 5.69 Å². The number of pyridine rings is 1. The van der Waals surface area contributed by atoms with Crippen LogP contribution in [0.3, 0.4) is 0 Å². The summed E-state index contributed by atoms with van der Waals surface area (Å²) in [6.07, 6.45) is 2.10. The second-order valence-electron chi connectivity index (χ2n) is 10.8. The molecule has 10 heteroatoms. The molecule has 0 saturated carbocycles. The van der Waals surface area contributed by atoms with E-state index in [1.165, 1.54) is 5.56 Å². The molecule has 2 aromatic carbocycles. The fourth-order valence-corrected chi connectivity index (χ4v) is 6.24. The lowest BCUT2D eigenvalue weighted by Gasteiger charge is -2.40. The van der Waals surface area contributed by atoms with Gasteiger partial charge in [0.1, 0.15) is 6.04 Å². The summed E-state index contributed by atoms with van der Waals surface area (Å²) in [5, 5.41) is 14.6. The monoisotopic (exact) mass is 547 g/mol. The van der Waals surface area contributed by atoms with Gasteiger partial charge in [-0.3, -0.25) is 9.69 Å². The van der Waals surface area contributed by atoms with Crippen molar-refractivity contribution in [1.82, 2.24) is 30.1 Å². The average Bonchev–Trinajstić information content (AvgIpc) is 3.60. The highest BCUT2D eigenvalue weighted by Crippen LogP contribution is 2.31. The Labute approximate surface area is 232 Å². The molecule has 9 nitrogen and oxygen atoms in total. The number of piperazine rings is 1. The summed E-state index contributed by atoms with van der Waals surface area (Å²) < 4.78 is 7.72. The van der Waals surface area contributed by atoms with Crippen LogP contribution in [0.1, 0.15) is 47.0 Å². The smallest absolute Gasteiger partial charge is 0.253 e. The number of benzene rings is 2. The van der Waals surface area contributed by atoms with Gasteiger partial charge in [0.25, 0.3) is 5.56 Å². The number of halogens is 1. The lowest BCUT2D eigenvalue weighted by atomic mass is 10.00. The van der Waals surface area contributed by atoms with Crippen LogP contribution < -0.4 is 10.5 Å². The van der Waals surface area contributed by atoms with E-state index in [1.54, 1.807) is 0 Å². The highest BCUT2D eigenvalue weighted by atomic mass is 35.5. The van der Waals surface area contributed by atoms with E-state index < -0.39 is 6.04 Å². The van der Waals surface area contributed by atoms with E-state index in [2.05, 4.69) is 62.4 Å². The molecular weight excluding hydrogens is 514 g/mol.